The van der Waals surface area contributed by atoms with Crippen molar-refractivity contribution in [2.24, 2.45) is 5.92 Å². The van der Waals surface area contributed by atoms with E-state index >= 15 is 0 Å². The molecule has 1 aliphatic heterocycles. The predicted molar refractivity (Wildman–Crippen MR) is 80.5 cm³/mol. The minimum absolute atomic E-state index is 0.000605. The average molecular weight is 333 g/mol. The highest BCUT2D eigenvalue weighted by atomic mass is 79.9. The Bertz CT molecular complexity index is 596. The summed E-state index contributed by atoms with van der Waals surface area (Å²) >= 11 is 3.37. The van der Waals surface area contributed by atoms with Crippen molar-refractivity contribution < 1.29 is 4.79 Å². The van der Waals surface area contributed by atoms with Crippen LogP contribution in [0.2, 0.25) is 0 Å². The third-order valence-electron chi connectivity index (χ3n) is 3.25. The summed E-state index contributed by atoms with van der Waals surface area (Å²) in [5.74, 6) is 0.869. The molecule has 1 aromatic heterocycles. The summed E-state index contributed by atoms with van der Waals surface area (Å²) in [5, 5.41) is 10.8. The fourth-order valence-corrected chi connectivity index (χ4v) is 2.34. The Hall–Kier alpha value is -1.95. The van der Waals surface area contributed by atoms with Crippen LogP contribution in [0.1, 0.15) is 0 Å². The average Bonchev–Trinajstić information content (AvgIpc) is 2.41. The molecular weight excluding hydrogens is 320 g/mol. The Balaban J connectivity index is 1.55. The van der Waals surface area contributed by atoms with Gasteiger partial charge in [0, 0.05) is 29.4 Å². The summed E-state index contributed by atoms with van der Waals surface area (Å²) < 4.78 is 0.993. The van der Waals surface area contributed by atoms with Crippen LogP contribution in [0.25, 0.3) is 0 Å². The molecule has 0 spiro atoms. The molecule has 6 heteroatoms. The van der Waals surface area contributed by atoms with Crippen molar-refractivity contribution >= 4 is 33.3 Å². The molecule has 1 saturated heterocycles. The number of hydrogen-bond donors (Lipinski definition) is 1. The van der Waals surface area contributed by atoms with Gasteiger partial charge in [0.15, 0.2) is 5.82 Å². The number of aromatic nitrogens is 2. The number of nitrogens with one attached hydrogen (secondary N) is 1. The first-order valence-electron chi connectivity index (χ1n) is 6.31. The number of halogens is 1. The monoisotopic (exact) mass is 332 g/mol. The molecule has 3 rings (SSSR count). The second kappa shape index (κ2) is 5.58. The van der Waals surface area contributed by atoms with E-state index in [1.165, 1.54) is 0 Å². The molecule has 0 bridgehead atoms. The molecule has 1 N–H and O–H groups in total. The Kier molecular flexibility index (Phi) is 3.64. The minimum Gasteiger partial charge on any atom is -0.353 e. The highest BCUT2D eigenvalue weighted by molar-refractivity contribution is 9.10. The summed E-state index contributed by atoms with van der Waals surface area (Å²) in [7, 11) is 0. The van der Waals surface area contributed by atoms with E-state index in [2.05, 4.69) is 31.4 Å². The lowest BCUT2D eigenvalue weighted by Crippen LogP contribution is -2.52. The summed E-state index contributed by atoms with van der Waals surface area (Å²) in [6.45, 7) is 1.36. The molecule has 0 saturated carbocycles. The lowest BCUT2D eigenvalue weighted by atomic mass is 9.99. The third kappa shape index (κ3) is 2.80. The van der Waals surface area contributed by atoms with Gasteiger partial charge in [-0.3, -0.25) is 4.79 Å². The van der Waals surface area contributed by atoms with Gasteiger partial charge in [-0.15, -0.1) is 5.10 Å². The van der Waals surface area contributed by atoms with Gasteiger partial charge in [0.2, 0.25) is 5.91 Å². The van der Waals surface area contributed by atoms with E-state index in [0.717, 1.165) is 16.0 Å². The van der Waals surface area contributed by atoms with Crippen molar-refractivity contribution in [2.45, 2.75) is 0 Å². The number of rotatable bonds is 3. The van der Waals surface area contributed by atoms with Crippen molar-refractivity contribution in [2.75, 3.05) is 23.3 Å². The standard InChI is InChI=1S/C14H13BrN4O/c15-11-3-5-12(6-4-11)17-14(20)10-8-19(9-10)13-2-1-7-16-18-13/h1-7,10H,8-9H2,(H,17,20). The molecule has 1 aromatic carbocycles. The van der Waals surface area contributed by atoms with Crippen molar-refractivity contribution in [3.8, 4) is 0 Å². The fraction of sp³-hybridized carbons (Fsp3) is 0.214. The molecule has 0 aliphatic carbocycles. The second-order valence-corrected chi connectivity index (χ2v) is 5.60. The highest BCUT2D eigenvalue weighted by Gasteiger charge is 2.33. The van der Waals surface area contributed by atoms with Gasteiger partial charge in [-0.2, -0.15) is 5.10 Å². The van der Waals surface area contributed by atoms with Crippen molar-refractivity contribution in [1.82, 2.24) is 10.2 Å². The number of carbonyl (C=O) groups is 1. The molecule has 1 aliphatic rings. The number of anilines is 2. The topological polar surface area (TPSA) is 58.1 Å². The zero-order valence-corrected chi connectivity index (χ0v) is 12.2. The van der Waals surface area contributed by atoms with Gasteiger partial charge in [0.05, 0.1) is 5.92 Å². The largest absolute Gasteiger partial charge is 0.353 e. The number of hydrogen-bond acceptors (Lipinski definition) is 4. The van der Waals surface area contributed by atoms with Crippen molar-refractivity contribution in [3.05, 3.63) is 47.1 Å². The van der Waals surface area contributed by atoms with Gasteiger partial charge in [-0.05, 0) is 36.4 Å². The van der Waals surface area contributed by atoms with E-state index in [1.807, 2.05) is 41.3 Å². The first-order valence-corrected chi connectivity index (χ1v) is 7.11. The van der Waals surface area contributed by atoms with Gasteiger partial charge < -0.3 is 10.2 Å². The zero-order chi connectivity index (χ0) is 13.9. The molecule has 102 valence electrons. The van der Waals surface area contributed by atoms with Gasteiger partial charge in [-0.1, -0.05) is 15.9 Å². The Morgan fingerprint density at radius 1 is 1.25 bits per heavy atom. The molecule has 0 radical (unpaired) electrons. The number of benzene rings is 1. The van der Waals surface area contributed by atoms with Crippen LogP contribution in [-0.4, -0.2) is 29.2 Å². The van der Waals surface area contributed by atoms with Crippen molar-refractivity contribution in [3.63, 3.8) is 0 Å². The fourth-order valence-electron chi connectivity index (χ4n) is 2.07. The van der Waals surface area contributed by atoms with Crippen LogP contribution in [0.4, 0.5) is 11.5 Å². The molecule has 5 nitrogen and oxygen atoms in total. The lowest BCUT2D eigenvalue weighted by Gasteiger charge is -2.38. The van der Waals surface area contributed by atoms with Crippen LogP contribution in [-0.2, 0) is 4.79 Å². The third-order valence-corrected chi connectivity index (χ3v) is 3.77. The summed E-state index contributed by atoms with van der Waals surface area (Å²) in [5.41, 5.74) is 0.816. The molecule has 1 amide bonds. The van der Waals surface area contributed by atoms with Crippen LogP contribution >= 0.6 is 15.9 Å². The SMILES string of the molecule is O=C(Nc1ccc(Br)cc1)C1CN(c2cccnn2)C1. The summed E-state index contributed by atoms with van der Waals surface area (Å²) in [4.78, 5) is 14.1. The summed E-state index contributed by atoms with van der Waals surface area (Å²) in [6, 6.07) is 11.3. The quantitative estimate of drug-likeness (QED) is 0.937. The van der Waals surface area contributed by atoms with E-state index in [4.69, 9.17) is 0 Å². The highest BCUT2D eigenvalue weighted by Crippen LogP contribution is 2.23. The van der Waals surface area contributed by atoms with E-state index in [-0.39, 0.29) is 11.8 Å². The number of nitrogens with zero attached hydrogens (tertiary/aromatic N) is 3. The molecular formula is C14H13BrN4O. The normalized spacial score (nSPS) is 14.8. The van der Waals surface area contributed by atoms with Gasteiger partial charge in [-0.25, -0.2) is 0 Å². The molecule has 0 atom stereocenters. The zero-order valence-electron chi connectivity index (χ0n) is 10.7. The summed E-state index contributed by atoms with van der Waals surface area (Å²) in [6.07, 6.45) is 1.64. The molecule has 2 heterocycles. The number of amides is 1. The first-order chi connectivity index (χ1) is 9.72. The predicted octanol–water partition coefficient (Wildman–Crippen LogP) is 2.31. The molecule has 0 unspecified atom stereocenters. The smallest absolute Gasteiger partial charge is 0.231 e. The molecule has 20 heavy (non-hydrogen) atoms. The Morgan fingerprint density at radius 2 is 2.00 bits per heavy atom. The lowest BCUT2D eigenvalue weighted by molar-refractivity contribution is -0.120. The Labute approximate surface area is 125 Å². The maximum Gasteiger partial charge on any atom is 0.231 e. The molecule has 1 fully saturated rings. The van der Waals surface area contributed by atoms with Crippen LogP contribution in [0.3, 0.4) is 0 Å². The maximum atomic E-state index is 12.1. The van der Waals surface area contributed by atoms with E-state index in [0.29, 0.717) is 13.1 Å². The van der Waals surface area contributed by atoms with Gasteiger partial charge >= 0.3 is 0 Å². The van der Waals surface area contributed by atoms with Gasteiger partial charge in [0.25, 0.3) is 0 Å². The first kappa shape index (κ1) is 13.1. The minimum atomic E-state index is 0.000605. The van der Waals surface area contributed by atoms with Crippen LogP contribution in [0.15, 0.2) is 47.1 Å². The molecule has 2 aromatic rings. The van der Waals surface area contributed by atoms with Crippen LogP contribution in [0, 0.1) is 5.92 Å². The second-order valence-electron chi connectivity index (χ2n) is 4.68. The van der Waals surface area contributed by atoms with Crippen LogP contribution < -0.4 is 10.2 Å². The van der Waals surface area contributed by atoms with Crippen molar-refractivity contribution in [1.29, 1.82) is 0 Å². The van der Waals surface area contributed by atoms with E-state index < -0.39 is 0 Å². The van der Waals surface area contributed by atoms with E-state index in [9.17, 15) is 4.79 Å². The Morgan fingerprint density at radius 3 is 2.65 bits per heavy atom. The van der Waals surface area contributed by atoms with Gasteiger partial charge in [0.1, 0.15) is 0 Å². The van der Waals surface area contributed by atoms with Crippen LogP contribution in [0.5, 0.6) is 0 Å². The maximum absolute atomic E-state index is 12.1. The van der Waals surface area contributed by atoms with E-state index in [1.54, 1.807) is 6.20 Å². The number of carbonyl (C=O) groups excluding carboxylic acids is 1.